The van der Waals surface area contributed by atoms with Gasteiger partial charge in [0.2, 0.25) is 0 Å². The van der Waals surface area contributed by atoms with Gasteiger partial charge in [-0.05, 0) is 66.2 Å². The summed E-state index contributed by atoms with van der Waals surface area (Å²) in [5.74, 6) is 0.361. The highest BCUT2D eigenvalue weighted by Gasteiger charge is 2.36. The highest BCUT2D eigenvalue weighted by atomic mass is 35.5. The van der Waals surface area contributed by atoms with E-state index in [2.05, 4.69) is 30.8 Å². The molecule has 1 aromatic carbocycles. The third-order valence-corrected chi connectivity index (χ3v) is 5.84. The first kappa shape index (κ1) is 21.1. The zero-order valence-electron chi connectivity index (χ0n) is 16.9. The van der Waals surface area contributed by atoms with E-state index in [1.54, 1.807) is 11.1 Å². The molecule has 1 fully saturated rings. The monoisotopic (exact) mass is 410 g/mol. The van der Waals surface area contributed by atoms with Crippen LogP contribution in [0.3, 0.4) is 0 Å². The van der Waals surface area contributed by atoms with Gasteiger partial charge in [-0.1, -0.05) is 43.5 Å². The number of hydrogen-bond donors (Lipinski definition) is 0. The summed E-state index contributed by atoms with van der Waals surface area (Å²) in [4.78, 5) is 18.5. The number of carbonyl (C=O) groups excluding carboxylic acids is 1. The van der Waals surface area contributed by atoms with Crippen molar-refractivity contribution in [1.29, 1.82) is 0 Å². The van der Waals surface area contributed by atoms with Crippen molar-refractivity contribution < 1.29 is 9.53 Å². The molecule has 1 atom stereocenters. The van der Waals surface area contributed by atoms with Crippen LogP contribution in [0.5, 0.6) is 0 Å². The Bertz CT molecular complexity index is 892. The van der Waals surface area contributed by atoms with E-state index in [0.717, 1.165) is 40.8 Å². The Kier molecular flexibility index (Phi) is 6.75. The molecular weight excluding hydrogens is 384 g/mol. The number of piperidine rings is 1. The largest absolute Gasteiger partial charge is 0.450 e. The van der Waals surface area contributed by atoms with E-state index in [1.165, 1.54) is 0 Å². The summed E-state index contributed by atoms with van der Waals surface area (Å²) >= 11 is 6.31. The molecule has 1 aliphatic carbocycles. The Balaban J connectivity index is 2.00. The van der Waals surface area contributed by atoms with E-state index in [9.17, 15) is 4.79 Å². The maximum Gasteiger partial charge on any atom is 0.409 e. The Morgan fingerprint density at radius 3 is 2.69 bits per heavy atom. The van der Waals surface area contributed by atoms with Crippen molar-refractivity contribution in [3.8, 4) is 0 Å². The molecule has 0 saturated carbocycles. The molecule has 0 N–H and O–H groups in total. The normalized spacial score (nSPS) is 21.2. The summed E-state index contributed by atoms with van der Waals surface area (Å²) in [6.07, 6.45) is 6.90. The molecule has 5 heteroatoms. The third-order valence-electron chi connectivity index (χ3n) is 5.60. The minimum Gasteiger partial charge on any atom is -0.450 e. The van der Waals surface area contributed by atoms with Gasteiger partial charge in [0.25, 0.3) is 0 Å². The van der Waals surface area contributed by atoms with E-state index in [0.29, 0.717) is 30.6 Å². The summed E-state index contributed by atoms with van der Waals surface area (Å²) in [7, 11) is 0. The van der Waals surface area contributed by atoms with E-state index in [-0.39, 0.29) is 12.0 Å². The highest BCUT2D eigenvalue weighted by molar-refractivity contribution is 6.30. The second kappa shape index (κ2) is 9.27. The number of carbonyl (C=O) groups is 1. The molecule has 1 saturated heterocycles. The van der Waals surface area contributed by atoms with Crippen molar-refractivity contribution in [2.24, 2.45) is 10.9 Å². The molecule has 152 valence electrons. The van der Waals surface area contributed by atoms with Gasteiger partial charge in [0.15, 0.2) is 0 Å². The van der Waals surface area contributed by atoms with Gasteiger partial charge >= 0.3 is 6.09 Å². The third kappa shape index (κ3) is 4.38. The molecule has 0 radical (unpaired) electrons. The van der Waals surface area contributed by atoms with Gasteiger partial charge in [-0.3, -0.25) is 4.99 Å². The standard InChI is InChI=1S/C24H27ClN2O2/c1-5-17-14-16(4)23(26-6-2)22(20-9-8-19(25)15-21(17)20)18-10-12-27(13-11-18)24(28)29-7-3/h5-6,8-9,14-15,18,22H,1-2,4,7,10-13H2,3H3. The van der Waals surface area contributed by atoms with Crippen LogP contribution in [0.2, 0.25) is 5.02 Å². The Hall–Kier alpha value is -2.59. The van der Waals surface area contributed by atoms with Crippen LogP contribution in [0.25, 0.3) is 5.57 Å². The number of likely N-dealkylation sites (tertiary alicyclic amines) is 1. The van der Waals surface area contributed by atoms with E-state index in [4.69, 9.17) is 16.3 Å². The van der Waals surface area contributed by atoms with Gasteiger partial charge in [0.1, 0.15) is 0 Å². The Morgan fingerprint density at radius 1 is 1.34 bits per heavy atom. The number of aliphatic imine (C=N–C) groups is 1. The van der Waals surface area contributed by atoms with Crippen LogP contribution < -0.4 is 0 Å². The van der Waals surface area contributed by atoms with Crippen molar-refractivity contribution in [2.45, 2.75) is 25.7 Å². The van der Waals surface area contributed by atoms with Crippen molar-refractivity contribution in [2.75, 3.05) is 19.7 Å². The van der Waals surface area contributed by atoms with E-state index >= 15 is 0 Å². The van der Waals surface area contributed by atoms with Crippen LogP contribution in [-0.2, 0) is 4.74 Å². The second-order valence-corrected chi connectivity index (χ2v) is 7.70. The Labute approximate surface area is 177 Å². The molecule has 1 aliphatic heterocycles. The van der Waals surface area contributed by atoms with Crippen molar-refractivity contribution in [3.05, 3.63) is 78.0 Å². The number of benzene rings is 1. The maximum absolute atomic E-state index is 12.1. The first-order chi connectivity index (χ1) is 14.0. The molecule has 1 unspecified atom stereocenters. The zero-order valence-corrected chi connectivity index (χ0v) is 17.6. The van der Waals surface area contributed by atoms with E-state index < -0.39 is 0 Å². The quantitative estimate of drug-likeness (QED) is 0.609. The van der Waals surface area contributed by atoms with Crippen LogP contribution in [0, 0.1) is 5.92 Å². The summed E-state index contributed by atoms with van der Waals surface area (Å²) < 4.78 is 5.16. The van der Waals surface area contributed by atoms with Crippen LogP contribution in [0.4, 0.5) is 4.79 Å². The average molecular weight is 411 g/mol. The smallest absolute Gasteiger partial charge is 0.409 e. The first-order valence-corrected chi connectivity index (χ1v) is 10.3. The lowest BCUT2D eigenvalue weighted by molar-refractivity contribution is 0.0909. The molecule has 0 bridgehead atoms. The number of fused-ring (bicyclic) bond motifs is 1. The maximum atomic E-state index is 12.1. The summed E-state index contributed by atoms with van der Waals surface area (Å²) in [6.45, 7) is 15.6. The van der Waals surface area contributed by atoms with Gasteiger partial charge < -0.3 is 9.64 Å². The van der Waals surface area contributed by atoms with E-state index in [1.807, 2.05) is 31.2 Å². The summed E-state index contributed by atoms with van der Waals surface area (Å²) in [5.41, 5.74) is 4.96. The van der Waals surface area contributed by atoms with Gasteiger partial charge in [0.05, 0.1) is 12.3 Å². The van der Waals surface area contributed by atoms with Gasteiger partial charge in [-0.15, -0.1) is 0 Å². The van der Waals surface area contributed by atoms with Crippen molar-refractivity contribution in [1.82, 2.24) is 4.90 Å². The van der Waals surface area contributed by atoms with Crippen LogP contribution in [0.15, 0.2) is 66.9 Å². The molecule has 0 aromatic heterocycles. The molecule has 1 amide bonds. The van der Waals surface area contributed by atoms with Crippen LogP contribution >= 0.6 is 11.6 Å². The average Bonchev–Trinajstić information content (AvgIpc) is 2.83. The predicted octanol–water partition coefficient (Wildman–Crippen LogP) is 6.02. The SMILES string of the molecule is C=CN=C1C(=C)C=C(C=C)c2cc(Cl)ccc2C1C1CCN(C(=O)OCC)CC1. The summed E-state index contributed by atoms with van der Waals surface area (Å²) in [6, 6.07) is 5.98. The molecule has 29 heavy (non-hydrogen) atoms. The van der Waals surface area contributed by atoms with Crippen LogP contribution in [0.1, 0.15) is 36.8 Å². The molecule has 4 nitrogen and oxygen atoms in total. The minimum absolute atomic E-state index is 0.0470. The fraction of sp³-hybridized carbons (Fsp3) is 0.333. The topological polar surface area (TPSA) is 41.9 Å². The Morgan fingerprint density at radius 2 is 2.07 bits per heavy atom. The lowest BCUT2D eigenvalue weighted by atomic mass is 9.75. The number of halogens is 1. The molecule has 0 spiro atoms. The van der Waals surface area contributed by atoms with Crippen LogP contribution in [-0.4, -0.2) is 36.4 Å². The number of amides is 1. The van der Waals surface area contributed by atoms with Gasteiger partial charge in [0, 0.05) is 30.2 Å². The second-order valence-electron chi connectivity index (χ2n) is 7.26. The fourth-order valence-electron chi connectivity index (χ4n) is 4.27. The zero-order chi connectivity index (χ0) is 21.0. The molecular formula is C24H27ClN2O2. The molecule has 1 aromatic rings. The predicted molar refractivity (Wildman–Crippen MR) is 120 cm³/mol. The fourth-order valence-corrected chi connectivity index (χ4v) is 4.45. The molecule has 1 heterocycles. The number of hydrogen-bond acceptors (Lipinski definition) is 3. The molecule has 3 rings (SSSR count). The number of ether oxygens (including phenoxy) is 1. The number of allylic oxidation sites excluding steroid dienone is 4. The van der Waals surface area contributed by atoms with Crippen molar-refractivity contribution in [3.63, 3.8) is 0 Å². The van der Waals surface area contributed by atoms with Crippen molar-refractivity contribution >= 4 is 29.0 Å². The first-order valence-electron chi connectivity index (χ1n) is 9.93. The van der Waals surface area contributed by atoms with Gasteiger partial charge in [-0.25, -0.2) is 4.79 Å². The number of nitrogens with zero attached hydrogens (tertiary/aromatic N) is 2. The lowest BCUT2D eigenvalue weighted by Crippen LogP contribution is -2.41. The van der Waals surface area contributed by atoms with Gasteiger partial charge in [-0.2, -0.15) is 0 Å². The number of rotatable bonds is 4. The highest BCUT2D eigenvalue weighted by Crippen LogP contribution is 2.42. The minimum atomic E-state index is -0.237. The summed E-state index contributed by atoms with van der Waals surface area (Å²) in [5, 5.41) is 0.683. The lowest BCUT2D eigenvalue weighted by Gasteiger charge is -2.36. The molecule has 2 aliphatic rings.